The van der Waals surface area contributed by atoms with Crippen LogP contribution >= 0.6 is 0 Å². The first-order valence-electron chi connectivity index (χ1n) is 19.1. The molecule has 0 radical (unpaired) electrons. The van der Waals surface area contributed by atoms with Gasteiger partial charge in [-0.05, 0) is 80.7 Å². The number of Topliss-reactive ketones (excluding diaryl/α,β-unsaturated/α-hetero) is 1. The Morgan fingerprint density at radius 1 is 1.09 bits per heavy atom. The van der Waals surface area contributed by atoms with Crippen LogP contribution in [-0.4, -0.2) is 89.3 Å². The van der Waals surface area contributed by atoms with E-state index in [1.807, 2.05) is 13.8 Å². The molecule has 2 saturated carbocycles. The maximum absolute atomic E-state index is 15.9. The number of esters is 1. The summed E-state index contributed by atoms with van der Waals surface area (Å²) >= 11 is 0. The summed E-state index contributed by atoms with van der Waals surface area (Å²) < 4.78 is 44.6. The molecule has 1 saturated heterocycles. The monoisotopic (exact) mass is 800 g/mol. The van der Waals surface area contributed by atoms with E-state index in [-0.39, 0.29) is 68.6 Å². The number of unbranched alkanes of at least 4 members (excludes halogenated alkanes) is 1. The van der Waals surface area contributed by atoms with Crippen molar-refractivity contribution in [1.29, 1.82) is 0 Å². The molecule has 17 heteroatoms. The van der Waals surface area contributed by atoms with Crippen molar-refractivity contribution in [3.63, 3.8) is 0 Å². The molecule has 2 N–H and O–H groups in total. The van der Waals surface area contributed by atoms with Crippen molar-refractivity contribution < 1.29 is 67.1 Å². The fourth-order valence-electron chi connectivity index (χ4n) is 10.2. The first-order chi connectivity index (χ1) is 26.8. The van der Waals surface area contributed by atoms with Crippen LogP contribution in [0.1, 0.15) is 78.7 Å². The van der Waals surface area contributed by atoms with Crippen molar-refractivity contribution in [2.75, 3.05) is 19.8 Å². The number of aliphatic hydroxyl groups excluding tert-OH is 1. The van der Waals surface area contributed by atoms with Crippen molar-refractivity contribution in [2.24, 2.45) is 28.6 Å². The summed E-state index contributed by atoms with van der Waals surface area (Å²) in [5.41, 5.74) is -2.56. The number of aliphatic hydroxyl groups is 1. The molecule has 1 amide bonds. The van der Waals surface area contributed by atoms with Crippen molar-refractivity contribution in [3.8, 4) is 5.75 Å². The van der Waals surface area contributed by atoms with Gasteiger partial charge in [0.25, 0.3) is 5.09 Å². The van der Waals surface area contributed by atoms with Gasteiger partial charge in [-0.1, -0.05) is 32.1 Å². The standard InChI is InChI=1S/C40H49FN2O14/c1-22(44)42-30(35(48)52-14-6-7-15-54-43(50)51)16-23-8-10-25(11-9-23)55-36(49)53-21-32(47)40-33(56-37(2,3)57-40)19-27-26-18-29(41)28-17-24(45)12-13-38(28,4)34(26)31(46)20-39(27,40)5/h8-13,26-27,30-31,33-34,46H,6-7,14-21H2,1-5H3,(H,42,44)/t26-,27-,30?,31-,33+,34+,38-,39-,40+/m0/s1. The molecule has 1 aromatic carbocycles. The van der Waals surface area contributed by atoms with Gasteiger partial charge in [-0.25, -0.2) is 14.0 Å². The molecule has 1 aromatic rings. The Kier molecular flexibility index (Phi) is 11.7. The lowest BCUT2D eigenvalue weighted by Gasteiger charge is -2.59. The molecule has 1 aliphatic heterocycles. The zero-order valence-electron chi connectivity index (χ0n) is 32.6. The van der Waals surface area contributed by atoms with Gasteiger partial charge in [0.2, 0.25) is 11.7 Å². The third kappa shape index (κ3) is 8.06. The summed E-state index contributed by atoms with van der Waals surface area (Å²) in [5, 5.41) is 23.7. The molecule has 6 rings (SSSR count). The smallest absolute Gasteiger partial charge is 0.464 e. The van der Waals surface area contributed by atoms with Crippen LogP contribution in [0.2, 0.25) is 0 Å². The van der Waals surface area contributed by atoms with Crippen LogP contribution in [0, 0.1) is 38.7 Å². The molecule has 16 nitrogen and oxygen atoms in total. The maximum Gasteiger partial charge on any atom is 0.514 e. The fourth-order valence-corrected chi connectivity index (χ4v) is 10.2. The Morgan fingerprint density at radius 3 is 2.47 bits per heavy atom. The molecule has 1 heterocycles. The summed E-state index contributed by atoms with van der Waals surface area (Å²) in [7, 11) is 0. The minimum Gasteiger partial charge on any atom is -0.464 e. The quantitative estimate of drug-likeness (QED) is 0.0876. The van der Waals surface area contributed by atoms with Gasteiger partial charge < -0.3 is 38.9 Å². The number of rotatable bonds is 14. The number of hydrogen-bond donors (Lipinski definition) is 2. The summed E-state index contributed by atoms with van der Waals surface area (Å²) in [6, 6.07) is 4.98. The Bertz CT molecular complexity index is 1860. The number of ether oxygens (including phenoxy) is 5. The highest BCUT2D eigenvalue weighted by Gasteiger charge is 2.77. The number of benzene rings is 1. The average molecular weight is 801 g/mol. The van der Waals surface area contributed by atoms with Gasteiger partial charge in [-0.3, -0.25) is 14.4 Å². The highest BCUT2D eigenvalue weighted by molar-refractivity contribution is 5.94. The van der Waals surface area contributed by atoms with E-state index in [1.54, 1.807) is 32.1 Å². The number of nitrogens with one attached hydrogen (secondary N) is 1. The van der Waals surface area contributed by atoms with Crippen LogP contribution in [0.5, 0.6) is 5.75 Å². The van der Waals surface area contributed by atoms with Gasteiger partial charge in [0.1, 0.15) is 17.6 Å². The summed E-state index contributed by atoms with van der Waals surface area (Å²) in [4.78, 5) is 78.5. The molecule has 0 bridgehead atoms. The van der Waals surface area contributed by atoms with E-state index in [0.717, 1.165) is 0 Å². The van der Waals surface area contributed by atoms with E-state index in [2.05, 4.69) is 10.2 Å². The first-order valence-corrected chi connectivity index (χ1v) is 19.1. The van der Waals surface area contributed by atoms with Crippen LogP contribution in [0.3, 0.4) is 0 Å². The second kappa shape index (κ2) is 15.9. The zero-order chi connectivity index (χ0) is 41.5. The van der Waals surface area contributed by atoms with E-state index >= 15 is 4.39 Å². The second-order valence-corrected chi connectivity index (χ2v) is 16.5. The van der Waals surface area contributed by atoms with Crippen LogP contribution in [0.4, 0.5) is 9.18 Å². The van der Waals surface area contributed by atoms with Crippen LogP contribution in [-0.2, 0) is 49.4 Å². The Hall–Kier alpha value is -4.74. The summed E-state index contributed by atoms with van der Waals surface area (Å²) in [5.74, 6) is -4.53. The van der Waals surface area contributed by atoms with Crippen LogP contribution in [0.25, 0.3) is 0 Å². The highest BCUT2D eigenvalue weighted by atomic mass is 19.1. The first kappa shape index (κ1) is 41.9. The molecule has 0 aromatic heterocycles. The average Bonchev–Trinajstić information content (AvgIpc) is 3.54. The Balaban J connectivity index is 1.09. The van der Waals surface area contributed by atoms with Crippen molar-refractivity contribution in [1.82, 2.24) is 5.32 Å². The van der Waals surface area contributed by atoms with Gasteiger partial charge in [0.15, 0.2) is 23.8 Å². The number of halogens is 1. The number of amides is 1. The second-order valence-electron chi connectivity index (χ2n) is 16.5. The number of carbonyl (C=O) groups is 5. The molecule has 4 aliphatic carbocycles. The van der Waals surface area contributed by atoms with E-state index in [1.165, 1.54) is 25.1 Å². The Labute approximate surface area is 328 Å². The molecule has 3 fully saturated rings. The minimum absolute atomic E-state index is 0.0135. The van der Waals surface area contributed by atoms with Crippen molar-refractivity contribution >= 4 is 29.6 Å². The van der Waals surface area contributed by atoms with Gasteiger partial charge >= 0.3 is 12.1 Å². The number of carbonyl (C=O) groups excluding carboxylic acids is 5. The molecule has 0 spiro atoms. The third-order valence-electron chi connectivity index (χ3n) is 12.4. The van der Waals surface area contributed by atoms with Gasteiger partial charge in [-0.2, -0.15) is 0 Å². The number of hydrogen-bond acceptors (Lipinski definition) is 14. The lowest BCUT2D eigenvalue weighted by Crippen LogP contribution is -2.64. The summed E-state index contributed by atoms with van der Waals surface area (Å²) in [6.07, 6.45) is 1.35. The molecule has 9 atom stereocenters. The van der Waals surface area contributed by atoms with Crippen molar-refractivity contribution in [3.05, 3.63) is 63.5 Å². The molecular weight excluding hydrogens is 751 g/mol. The lowest BCUT2D eigenvalue weighted by molar-refractivity contribution is -0.757. The summed E-state index contributed by atoms with van der Waals surface area (Å²) in [6.45, 7) is 7.42. The predicted octanol–water partition coefficient (Wildman–Crippen LogP) is 4.43. The van der Waals surface area contributed by atoms with E-state index in [0.29, 0.717) is 24.0 Å². The molecule has 1 unspecified atom stereocenters. The molecule has 310 valence electrons. The van der Waals surface area contributed by atoms with E-state index in [4.69, 9.17) is 23.7 Å². The highest BCUT2D eigenvalue weighted by Crippen LogP contribution is 2.70. The Morgan fingerprint density at radius 2 is 1.79 bits per heavy atom. The number of ketones is 2. The molecule has 5 aliphatic rings. The third-order valence-corrected chi connectivity index (χ3v) is 12.4. The SMILES string of the molecule is CC(=O)NC(Cc1ccc(OC(=O)OCC(=O)[C@@]23OC(C)(C)O[C@@H]2C[C@H]2[C@@H]4CC(F)=C5CC(=O)C=C[C@]5(C)[C@H]4[C@@H](O)C[C@@]23C)cc1)C(=O)OCCCCO[N+](=O)[O-]. The lowest BCUT2D eigenvalue weighted by atomic mass is 9.46. The normalized spacial score (nSPS) is 32.5. The van der Waals surface area contributed by atoms with Crippen molar-refractivity contribution in [2.45, 2.75) is 109 Å². The van der Waals surface area contributed by atoms with Gasteiger partial charge in [0, 0.05) is 42.9 Å². The number of allylic oxidation sites excluding steroid dienone is 4. The predicted molar refractivity (Wildman–Crippen MR) is 194 cm³/mol. The van der Waals surface area contributed by atoms with E-state index in [9.17, 15) is 39.2 Å². The molecule has 57 heavy (non-hydrogen) atoms. The molecular formula is C40H49FN2O14. The van der Waals surface area contributed by atoms with Crippen LogP contribution in [0.15, 0.2) is 47.8 Å². The van der Waals surface area contributed by atoms with E-state index < -0.39 is 87.8 Å². The number of fused-ring (bicyclic) bond motifs is 7. The zero-order valence-corrected chi connectivity index (χ0v) is 32.6. The van der Waals surface area contributed by atoms with Gasteiger partial charge in [-0.15, -0.1) is 10.1 Å². The fraction of sp³-hybridized carbons (Fsp3) is 0.625. The minimum atomic E-state index is -1.63. The van der Waals surface area contributed by atoms with Gasteiger partial charge in [0.05, 0.1) is 25.4 Å². The number of nitrogens with zero attached hydrogens (tertiary/aromatic N) is 1. The topological polar surface area (TPSA) is 216 Å². The van der Waals surface area contributed by atoms with Crippen LogP contribution < -0.4 is 10.1 Å². The maximum atomic E-state index is 15.9. The largest absolute Gasteiger partial charge is 0.514 e.